The summed E-state index contributed by atoms with van der Waals surface area (Å²) in [5, 5.41) is 9.94. The average Bonchev–Trinajstić information content (AvgIpc) is 2.36. The first kappa shape index (κ1) is 15.2. The van der Waals surface area contributed by atoms with Gasteiger partial charge < -0.3 is 5.11 Å². The molecule has 1 aliphatic heterocycles. The number of aryl methyl sites for hydroxylation is 3. The maximum Gasteiger partial charge on any atom is 0.177 e. The Labute approximate surface area is 121 Å². The third-order valence-electron chi connectivity index (χ3n) is 4.44. The summed E-state index contributed by atoms with van der Waals surface area (Å²) in [6.45, 7) is 10.0. The van der Waals surface area contributed by atoms with E-state index in [9.17, 15) is 9.90 Å². The number of carbonyl (C=O) groups excluding carboxylic acids is 1. The summed E-state index contributed by atoms with van der Waals surface area (Å²) in [7, 11) is 0. The molecular weight excluding hydrogens is 250 g/mol. The number of Topliss-reactive ketones (excluding diaryl/α,β-unsaturated/α-hetero) is 1. The van der Waals surface area contributed by atoms with Gasteiger partial charge in [0.1, 0.15) is 0 Å². The minimum Gasteiger partial charge on any atom is -0.390 e. The summed E-state index contributed by atoms with van der Waals surface area (Å²) in [6.07, 6.45) is 1.48. The molecule has 2 rings (SSSR count). The Balaban J connectivity index is 2.04. The van der Waals surface area contributed by atoms with Crippen molar-refractivity contribution < 1.29 is 9.90 Å². The summed E-state index contributed by atoms with van der Waals surface area (Å²) in [4.78, 5) is 14.6. The fourth-order valence-electron chi connectivity index (χ4n) is 2.74. The lowest BCUT2D eigenvalue weighted by Gasteiger charge is -2.35. The second kappa shape index (κ2) is 5.66. The van der Waals surface area contributed by atoms with Crippen LogP contribution in [0.5, 0.6) is 0 Å². The van der Waals surface area contributed by atoms with E-state index >= 15 is 0 Å². The molecule has 110 valence electrons. The molecule has 0 saturated carbocycles. The summed E-state index contributed by atoms with van der Waals surface area (Å²) < 4.78 is 0. The quantitative estimate of drug-likeness (QED) is 0.862. The van der Waals surface area contributed by atoms with E-state index in [2.05, 4.69) is 17.9 Å². The van der Waals surface area contributed by atoms with Crippen LogP contribution in [0.25, 0.3) is 0 Å². The molecule has 3 heteroatoms. The largest absolute Gasteiger partial charge is 0.390 e. The van der Waals surface area contributed by atoms with Crippen LogP contribution in [0.3, 0.4) is 0 Å². The Morgan fingerprint density at radius 3 is 2.30 bits per heavy atom. The predicted octanol–water partition coefficient (Wildman–Crippen LogP) is 2.64. The van der Waals surface area contributed by atoms with Crippen molar-refractivity contribution in [1.29, 1.82) is 0 Å². The van der Waals surface area contributed by atoms with Crippen LogP contribution in [0.15, 0.2) is 12.1 Å². The molecule has 0 unspecified atom stereocenters. The average molecular weight is 275 g/mol. The molecule has 3 nitrogen and oxygen atoms in total. The predicted molar refractivity (Wildman–Crippen MR) is 81.3 cm³/mol. The van der Waals surface area contributed by atoms with Gasteiger partial charge in [-0.3, -0.25) is 9.69 Å². The van der Waals surface area contributed by atoms with Crippen molar-refractivity contribution in [3.63, 3.8) is 0 Å². The highest BCUT2D eigenvalue weighted by Crippen LogP contribution is 2.22. The number of piperidine rings is 1. The zero-order valence-electron chi connectivity index (χ0n) is 13.0. The molecule has 0 aromatic heterocycles. The Bertz CT molecular complexity index is 510. The molecule has 0 aliphatic carbocycles. The fraction of sp³-hybridized carbons (Fsp3) is 0.588. The number of ketones is 1. The molecule has 1 saturated heterocycles. The van der Waals surface area contributed by atoms with Gasteiger partial charge in [-0.1, -0.05) is 6.07 Å². The lowest BCUT2D eigenvalue weighted by Crippen LogP contribution is -2.44. The Morgan fingerprint density at radius 1 is 1.15 bits per heavy atom. The topological polar surface area (TPSA) is 40.5 Å². The maximum atomic E-state index is 12.5. The van der Waals surface area contributed by atoms with Crippen molar-refractivity contribution in [1.82, 2.24) is 4.90 Å². The molecule has 0 amide bonds. The van der Waals surface area contributed by atoms with E-state index in [-0.39, 0.29) is 5.78 Å². The van der Waals surface area contributed by atoms with Crippen LogP contribution < -0.4 is 0 Å². The molecule has 0 bridgehead atoms. The zero-order valence-corrected chi connectivity index (χ0v) is 13.0. The first-order chi connectivity index (χ1) is 9.28. The lowest BCUT2D eigenvalue weighted by molar-refractivity contribution is -0.00420. The van der Waals surface area contributed by atoms with Crippen LogP contribution in [0, 0.1) is 20.8 Å². The van der Waals surface area contributed by atoms with E-state index in [0.717, 1.165) is 37.1 Å². The molecule has 1 N–H and O–H groups in total. The van der Waals surface area contributed by atoms with Crippen LogP contribution >= 0.6 is 0 Å². The number of aliphatic hydroxyl groups is 1. The third-order valence-corrected chi connectivity index (χ3v) is 4.44. The van der Waals surface area contributed by atoms with Gasteiger partial charge in [-0.2, -0.15) is 0 Å². The third kappa shape index (κ3) is 3.47. The number of nitrogens with zero attached hydrogens (tertiary/aromatic N) is 1. The molecule has 1 aromatic carbocycles. The highest BCUT2D eigenvalue weighted by molar-refractivity contribution is 5.99. The number of benzene rings is 1. The van der Waals surface area contributed by atoms with E-state index in [1.165, 1.54) is 11.1 Å². The van der Waals surface area contributed by atoms with Crippen LogP contribution in [-0.2, 0) is 0 Å². The van der Waals surface area contributed by atoms with E-state index < -0.39 is 5.60 Å². The van der Waals surface area contributed by atoms with Crippen molar-refractivity contribution in [3.8, 4) is 0 Å². The molecule has 0 radical (unpaired) electrons. The van der Waals surface area contributed by atoms with Crippen molar-refractivity contribution in [3.05, 3.63) is 34.4 Å². The number of hydrogen-bond donors (Lipinski definition) is 1. The summed E-state index contributed by atoms with van der Waals surface area (Å²) in [5.41, 5.74) is 3.73. The van der Waals surface area contributed by atoms with Crippen LogP contribution in [0.4, 0.5) is 0 Å². The second-order valence-corrected chi connectivity index (χ2v) is 6.45. The van der Waals surface area contributed by atoms with Gasteiger partial charge in [-0.05, 0) is 63.3 Å². The summed E-state index contributed by atoms with van der Waals surface area (Å²) in [5.74, 6) is 0.187. The zero-order chi connectivity index (χ0) is 14.9. The number of rotatable bonds is 3. The van der Waals surface area contributed by atoms with Crippen molar-refractivity contribution in [2.45, 2.75) is 46.1 Å². The van der Waals surface area contributed by atoms with Gasteiger partial charge in [0.25, 0.3) is 0 Å². The lowest BCUT2D eigenvalue weighted by atomic mass is 9.93. The standard InChI is InChI=1S/C17H25NO2/c1-12-9-14(3)15(10-13(12)2)16(19)11-18-7-5-17(4,20)6-8-18/h9-10,20H,5-8,11H2,1-4H3. The normalized spacial score (nSPS) is 19.1. The Hall–Kier alpha value is -1.19. The van der Waals surface area contributed by atoms with E-state index in [4.69, 9.17) is 0 Å². The Morgan fingerprint density at radius 2 is 1.70 bits per heavy atom. The molecule has 1 aliphatic rings. The number of carbonyl (C=O) groups is 1. The molecular formula is C17H25NO2. The Kier molecular flexibility index (Phi) is 4.31. The molecule has 1 aromatic rings. The van der Waals surface area contributed by atoms with Gasteiger partial charge in [0, 0.05) is 18.7 Å². The van der Waals surface area contributed by atoms with Crippen molar-refractivity contribution in [2.24, 2.45) is 0 Å². The molecule has 1 heterocycles. The molecule has 1 fully saturated rings. The monoisotopic (exact) mass is 275 g/mol. The van der Waals surface area contributed by atoms with E-state index in [1.54, 1.807) is 0 Å². The molecule has 0 spiro atoms. The SMILES string of the molecule is Cc1cc(C)c(C(=O)CN2CCC(C)(O)CC2)cc1C. The van der Waals surface area contributed by atoms with Gasteiger partial charge in [0.2, 0.25) is 0 Å². The van der Waals surface area contributed by atoms with Gasteiger partial charge in [-0.25, -0.2) is 0 Å². The van der Waals surface area contributed by atoms with E-state index in [0.29, 0.717) is 6.54 Å². The highest BCUT2D eigenvalue weighted by atomic mass is 16.3. The highest BCUT2D eigenvalue weighted by Gasteiger charge is 2.28. The number of hydrogen-bond acceptors (Lipinski definition) is 3. The summed E-state index contributed by atoms with van der Waals surface area (Å²) >= 11 is 0. The maximum absolute atomic E-state index is 12.5. The van der Waals surface area contributed by atoms with Crippen LogP contribution in [0.1, 0.15) is 46.8 Å². The second-order valence-electron chi connectivity index (χ2n) is 6.45. The fourth-order valence-corrected chi connectivity index (χ4v) is 2.74. The van der Waals surface area contributed by atoms with Gasteiger partial charge in [0.15, 0.2) is 5.78 Å². The van der Waals surface area contributed by atoms with Crippen LogP contribution in [-0.4, -0.2) is 41.0 Å². The van der Waals surface area contributed by atoms with Gasteiger partial charge in [-0.15, -0.1) is 0 Å². The first-order valence-electron chi connectivity index (χ1n) is 7.34. The smallest absolute Gasteiger partial charge is 0.177 e. The van der Waals surface area contributed by atoms with Crippen molar-refractivity contribution >= 4 is 5.78 Å². The minimum absolute atomic E-state index is 0.187. The van der Waals surface area contributed by atoms with Crippen molar-refractivity contribution in [2.75, 3.05) is 19.6 Å². The first-order valence-corrected chi connectivity index (χ1v) is 7.34. The summed E-state index contributed by atoms with van der Waals surface area (Å²) in [6, 6.07) is 4.09. The van der Waals surface area contributed by atoms with Crippen LogP contribution in [0.2, 0.25) is 0 Å². The molecule has 0 atom stereocenters. The van der Waals surface area contributed by atoms with Gasteiger partial charge >= 0.3 is 0 Å². The van der Waals surface area contributed by atoms with Gasteiger partial charge in [0.05, 0.1) is 12.1 Å². The minimum atomic E-state index is -0.560. The molecule has 20 heavy (non-hydrogen) atoms. The van der Waals surface area contributed by atoms with E-state index in [1.807, 2.05) is 26.8 Å². The number of likely N-dealkylation sites (tertiary alicyclic amines) is 1.